The lowest BCUT2D eigenvalue weighted by Gasteiger charge is -2.08. The Hall–Kier alpha value is -1.11. The average molecular weight is 292 g/mol. The fourth-order valence-electron chi connectivity index (χ4n) is 1.37. The van der Waals surface area contributed by atoms with Crippen LogP contribution >= 0.6 is 24.2 Å². The minimum atomic E-state index is -0.615. The number of nitrogens with two attached hydrogens (primary N) is 1. The highest BCUT2D eigenvalue weighted by Gasteiger charge is 2.16. The van der Waals surface area contributed by atoms with Crippen LogP contribution in [0.5, 0.6) is 11.5 Å². The Morgan fingerprint density at radius 2 is 2.22 bits per heavy atom. The van der Waals surface area contributed by atoms with Gasteiger partial charge in [-0.15, -0.1) is 24.2 Å². The van der Waals surface area contributed by atoms with Crippen molar-refractivity contribution in [3.05, 3.63) is 18.2 Å². The van der Waals surface area contributed by atoms with Crippen LogP contribution in [0.2, 0.25) is 0 Å². The summed E-state index contributed by atoms with van der Waals surface area (Å²) in [7, 11) is 1.33. The number of hydrogen-bond acceptors (Lipinski definition) is 6. The highest BCUT2D eigenvalue weighted by Crippen LogP contribution is 2.35. The summed E-state index contributed by atoms with van der Waals surface area (Å²) in [6.45, 7) is 0.255. The van der Waals surface area contributed by atoms with Crippen LogP contribution in [0.1, 0.15) is 0 Å². The van der Waals surface area contributed by atoms with Crippen molar-refractivity contribution in [2.75, 3.05) is 19.7 Å². The van der Waals surface area contributed by atoms with Gasteiger partial charge in [0.2, 0.25) is 6.79 Å². The predicted molar refractivity (Wildman–Crippen MR) is 70.5 cm³/mol. The number of rotatable bonds is 4. The molecule has 1 unspecified atom stereocenters. The molecule has 100 valence electrons. The molecule has 2 rings (SSSR count). The summed E-state index contributed by atoms with van der Waals surface area (Å²) >= 11 is 1.48. The zero-order valence-corrected chi connectivity index (χ0v) is 11.4. The first-order valence-electron chi connectivity index (χ1n) is 5.06. The zero-order chi connectivity index (χ0) is 12.3. The lowest BCUT2D eigenvalue weighted by Crippen LogP contribution is -2.33. The summed E-state index contributed by atoms with van der Waals surface area (Å²) in [5.74, 6) is 1.53. The van der Waals surface area contributed by atoms with Gasteiger partial charge >= 0.3 is 5.97 Å². The van der Waals surface area contributed by atoms with E-state index in [9.17, 15) is 4.79 Å². The molecule has 2 N–H and O–H groups in total. The molecule has 0 spiro atoms. The van der Waals surface area contributed by atoms with Crippen LogP contribution in [0.25, 0.3) is 0 Å². The summed E-state index contributed by atoms with van der Waals surface area (Å²) in [6.07, 6.45) is 0. The van der Waals surface area contributed by atoms with Gasteiger partial charge in [-0.25, -0.2) is 0 Å². The van der Waals surface area contributed by atoms with Crippen molar-refractivity contribution in [3.63, 3.8) is 0 Å². The van der Waals surface area contributed by atoms with E-state index in [-0.39, 0.29) is 19.2 Å². The van der Waals surface area contributed by atoms with Crippen molar-refractivity contribution in [2.24, 2.45) is 5.73 Å². The molecule has 0 saturated heterocycles. The maximum Gasteiger partial charge on any atom is 0.323 e. The molecule has 1 aliphatic rings. The van der Waals surface area contributed by atoms with Crippen LogP contribution in [0.3, 0.4) is 0 Å². The number of fused-ring (bicyclic) bond motifs is 1. The Kier molecular flexibility index (Phi) is 5.58. The van der Waals surface area contributed by atoms with Gasteiger partial charge in [-0.05, 0) is 18.2 Å². The van der Waals surface area contributed by atoms with Crippen LogP contribution in [-0.2, 0) is 9.53 Å². The molecule has 0 fully saturated rings. The van der Waals surface area contributed by atoms with E-state index in [0.717, 1.165) is 16.4 Å². The summed E-state index contributed by atoms with van der Waals surface area (Å²) in [4.78, 5) is 12.1. The third kappa shape index (κ3) is 3.44. The van der Waals surface area contributed by atoms with Gasteiger partial charge in [-0.1, -0.05) is 0 Å². The molecule has 1 atom stereocenters. The van der Waals surface area contributed by atoms with E-state index < -0.39 is 12.0 Å². The lowest BCUT2D eigenvalue weighted by molar-refractivity contribution is -0.141. The summed E-state index contributed by atoms with van der Waals surface area (Å²) in [5, 5.41) is 0. The molecule has 5 nitrogen and oxygen atoms in total. The minimum Gasteiger partial charge on any atom is -0.468 e. The molecule has 0 radical (unpaired) electrons. The number of esters is 1. The third-order valence-corrected chi connectivity index (χ3v) is 3.39. The number of halogens is 1. The van der Waals surface area contributed by atoms with E-state index in [0.29, 0.717) is 5.75 Å². The highest BCUT2D eigenvalue weighted by molar-refractivity contribution is 7.99. The number of benzene rings is 1. The van der Waals surface area contributed by atoms with Crippen molar-refractivity contribution in [1.82, 2.24) is 0 Å². The number of thioether (sulfide) groups is 1. The Labute approximate surface area is 115 Å². The Balaban J connectivity index is 0.00000162. The molecule has 1 aliphatic heterocycles. The third-order valence-electron chi connectivity index (χ3n) is 2.28. The fourth-order valence-corrected chi connectivity index (χ4v) is 2.23. The van der Waals surface area contributed by atoms with Crippen molar-refractivity contribution in [2.45, 2.75) is 10.9 Å². The average Bonchev–Trinajstić information content (AvgIpc) is 2.82. The fraction of sp³-hybridized carbons (Fsp3) is 0.364. The first-order chi connectivity index (χ1) is 8.20. The van der Waals surface area contributed by atoms with Crippen molar-refractivity contribution in [3.8, 4) is 11.5 Å². The second-order valence-corrected chi connectivity index (χ2v) is 4.55. The van der Waals surface area contributed by atoms with E-state index in [2.05, 4.69) is 4.74 Å². The topological polar surface area (TPSA) is 70.8 Å². The van der Waals surface area contributed by atoms with E-state index in [4.69, 9.17) is 15.2 Å². The standard InChI is InChI=1S/C11H13NO4S.ClH/c1-14-11(13)8(12)5-17-7-2-3-9-10(4-7)16-6-15-9;/h2-4,8H,5-6,12H2,1H3;1H. The molecule has 1 aromatic rings. The number of hydrogen-bond donors (Lipinski definition) is 1. The smallest absolute Gasteiger partial charge is 0.323 e. The summed E-state index contributed by atoms with van der Waals surface area (Å²) in [6, 6.07) is 5.00. The second-order valence-electron chi connectivity index (χ2n) is 3.46. The largest absolute Gasteiger partial charge is 0.468 e. The molecular weight excluding hydrogens is 278 g/mol. The molecule has 0 amide bonds. The normalized spacial score (nSPS) is 13.7. The van der Waals surface area contributed by atoms with E-state index in [1.54, 1.807) is 0 Å². The monoisotopic (exact) mass is 291 g/mol. The van der Waals surface area contributed by atoms with Gasteiger partial charge in [0.1, 0.15) is 6.04 Å². The predicted octanol–water partition coefficient (Wildman–Crippen LogP) is 1.43. The summed E-state index contributed by atoms with van der Waals surface area (Å²) in [5.41, 5.74) is 5.64. The van der Waals surface area contributed by atoms with Gasteiger partial charge in [0.25, 0.3) is 0 Å². The van der Waals surface area contributed by atoms with Crippen LogP contribution < -0.4 is 15.2 Å². The number of methoxy groups -OCH3 is 1. The van der Waals surface area contributed by atoms with E-state index >= 15 is 0 Å². The summed E-state index contributed by atoms with van der Waals surface area (Å²) < 4.78 is 15.0. The molecule has 0 aromatic heterocycles. The molecule has 0 bridgehead atoms. The van der Waals surface area contributed by atoms with Crippen molar-refractivity contribution in [1.29, 1.82) is 0 Å². The zero-order valence-electron chi connectivity index (χ0n) is 9.75. The highest BCUT2D eigenvalue weighted by atomic mass is 35.5. The quantitative estimate of drug-likeness (QED) is 0.668. The van der Waals surface area contributed by atoms with Crippen LogP contribution in [-0.4, -0.2) is 31.7 Å². The maximum atomic E-state index is 11.1. The van der Waals surface area contributed by atoms with Crippen LogP contribution in [0.4, 0.5) is 0 Å². The Bertz CT molecular complexity index is 430. The van der Waals surface area contributed by atoms with Gasteiger partial charge in [-0.2, -0.15) is 0 Å². The number of carbonyl (C=O) groups is 1. The van der Waals surface area contributed by atoms with Crippen molar-refractivity contribution < 1.29 is 19.0 Å². The van der Waals surface area contributed by atoms with E-state index in [1.165, 1.54) is 18.9 Å². The molecule has 0 saturated carbocycles. The SMILES string of the molecule is COC(=O)C(N)CSc1ccc2c(c1)OCO2.Cl. The lowest BCUT2D eigenvalue weighted by atomic mass is 10.3. The molecule has 7 heteroatoms. The van der Waals surface area contributed by atoms with Crippen LogP contribution in [0.15, 0.2) is 23.1 Å². The Morgan fingerprint density at radius 1 is 1.50 bits per heavy atom. The van der Waals surface area contributed by atoms with Gasteiger partial charge in [0.05, 0.1) is 7.11 Å². The Morgan fingerprint density at radius 3 is 2.94 bits per heavy atom. The van der Waals surface area contributed by atoms with Gasteiger partial charge in [0.15, 0.2) is 11.5 Å². The number of ether oxygens (including phenoxy) is 3. The first-order valence-corrected chi connectivity index (χ1v) is 6.05. The van der Waals surface area contributed by atoms with Gasteiger partial charge < -0.3 is 19.9 Å². The van der Waals surface area contributed by atoms with Crippen molar-refractivity contribution >= 4 is 30.1 Å². The number of carbonyl (C=O) groups excluding carboxylic acids is 1. The second kappa shape index (κ2) is 6.72. The van der Waals surface area contributed by atoms with Crippen LogP contribution in [0, 0.1) is 0 Å². The minimum absolute atomic E-state index is 0. The molecule has 1 heterocycles. The molecule has 0 aliphatic carbocycles. The molecular formula is C11H14ClNO4S. The first kappa shape index (κ1) is 14.9. The van der Waals surface area contributed by atoms with E-state index in [1.807, 2.05) is 18.2 Å². The molecule has 18 heavy (non-hydrogen) atoms. The maximum absolute atomic E-state index is 11.1. The van der Waals surface area contributed by atoms with Gasteiger partial charge in [0, 0.05) is 10.6 Å². The molecule has 1 aromatic carbocycles. The van der Waals surface area contributed by atoms with Gasteiger partial charge in [-0.3, -0.25) is 4.79 Å².